The van der Waals surface area contributed by atoms with Gasteiger partial charge in [-0.25, -0.2) is 9.98 Å². The summed E-state index contributed by atoms with van der Waals surface area (Å²) < 4.78 is 244. The van der Waals surface area contributed by atoms with E-state index in [9.17, 15) is 77.8 Å². The van der Waals surface area contributed by atoms with E-state index in [0.717, 1.165) is 24.3 Å². The largest absolute Gasteiger partial charge is 0.446 e. The molecule has 2 aliphatic heterocycles. The van der Waals surface area contributed by atoms with Gasteiger partial charge in [0.05, 0.1) is 43.6 Å². The molecule has 26 nitrogen and oxygen atoms in total. The van der Waals surface area contributed by atoms with Crippen molar-refractivity contribution in [1.29, 1.82) is 0 Å². The van der Waals surface area contributed by atoms with Crippen LogP contribution in [0.2, 0.25) is 0 Å². The van der Waals surface area contributed by atoms with Gasteiger partial charge in [0.15, 0.2) is 34.5 Å². The van der Waals surface area contributed by atoms with Crippen LogP contribution in [0.25, 0.3) is 86.9 Å². The van der Waals surface area contributed by atoms with Gasteiger partial charge in [0.25, 0.3) is 0 Å². The molecule has 0 saturated carbocycles. The van der Waals surface area contributed by atoms with Gasteiger partial charge in [0.2, 0.25) is 0 Å². The Kier molecular flexibility index (Phi) is 21.0. The van der Waals surface area contributed by atoms with E-state index in [1.807, 2.05) is 0 Å². The summed E-state index contributed by atoms with van der Waals surface area (Å²) in [5.74, 6) is -4.54. The molecular formula is C42H22N2Na6O24S6. The van der Waals surface area contributed by atoms with Crippen molar-refractivity contribution in [3.8, 4) is 56.8 Å². The molecule has 2 aliphatic rings. The van der Waals surface area contributed by atoms with Crippen LogP contribution in [0.1, 0.15) is 0 Å². The van der Waals surface area contributed by atoms with Crippen LogP contribution in [-0.4, -0.2) is 255 Å². The van der Waals surface area contributed by atoms with Gasteiger partial charge >= 0.3 is 62.4 Å². The molecule has 6 radical (unpaired) electrons. The van der Waals surface area contributed by atoms with Crippen molar-refractivity contribution in [2.45, 2.75) is 0 Å². The maximum atomic E-state index is 12.9. The van der Waals surface area contributed by atoms with Gasteiger partial charge in [0, 0.05) is 243 Å². The molecule has 6 N–H and O–H groups in total. The molecule has 9 aromatic carbocycles. The molecule has 386 valence electrons. The van der Waals surface area contributed by atoms with E-state index in [0.29, 0.717) is 0 Å². The van der Waals surface area contributed by atoms with Gasteiger partial charge in [-0.2, -0.15) is 50.5 Å². The average Bonchev–Trinajstić information content (AvgIpc) is 3.86. The average molecular weight is 1270 g/mol. The first-order valence-electron chi connectivity index (χ1n) is 20.0. The molecule has 0 amide bonds. The van der Waals surface area contributed by atoms with Crippen molar-refractivity contribution >= 4 is 316 Å². The normalized spacial score (nSPS) is 12.6. The first-order chi connectivity index (χ1) is 34.5. The SMILES string of the molecule is O=S(=O)(O)Oc1c2ccccc2c(OS(=O)(=O)O)c2c3c(ccc12)-c1c2c(c4c(OS(=O)(=O)O)c5ccccc5c(OS(=O)(=O)O)c4c1=N3)=Nc1c-2ccc2c(OS(=O)(=O)O)c3ccccc3c(OS(=O)(=O)O)c12.[Na].[Na].[Na].[Na].[Na].[Na]. The van der Waals surface area contributed by atoms with Gasteiger partial charge in [-0.1, -0.05) is 84.9 Å². The van der Waals surface area contributed by atoms with Crippen molar-refractivity contribution in [3.63, 3.8) is 0 Å². The van der Waals surface area contributed by atoms with Crippen molar-refractivity contribution in [2.24, 2.45) is 9.98 Å². The molecular weight excluding hydrogens is 1250 g/mol. The Balaban J connectivity index is 0.00000196. The van der Waals surface area contributed by atoms with E-state index in [4.69, 9.17) is 35.1 Å². The zero-order valence-corrected chi connectivity index (χ0v) is 58.5. The Labute approximate surface area is 584 Å². The second-order valence-corrected chi connectivity index (χ2v) is 22.0. The third-order valence-electron chi connectivity index (χ3n) is 11.6. The summed E-state index contributed by atoms with van der Waals surface area (Å²) in [4.78, 5) is 9.55. The van der Waals surface area contributed by atoms with Crippen molar-refractivity contribution in [1.82, 2.24) is 0 Å². The summed E-state index contributed by atoms with van der Waals surface area (Å²) in [6.07, 6.45) is 0. The summed E-state index contributed by atoms with van der Waals surface area (Å²) in [6, 6.07) is 19.8. The second kappa shape index (κ2) is 24.3. The molecule has 0 spiro atoms. The van der Waals surface area contributed by atoms with Crippen molar-refractivity contribution in [2.75, 3.05) is 0 Å². The zero-order chi connectivity index (χ0) is 53.0. The minimum atomic E-state index is -5.63. The van der Waals surface area contributed by atoms with E-state index in [2.05, 4.69) is 0 Å². The van der Waals surface area contributed by atoms with Crippen LogP contribution in [0.3, 0.4) is 0 Å². The summed E-state index contributed by atoms with van der Waals surface area (Å²) in [6.45, 7) is 0. The van der Waals surface area contributed by atoms with Crippen molar-refractivity contribution in [3.05, 3.63) is 108 Å². The monoisotopic (exact) mass is 1270 g/mol. The maximum Gasteiger partial charge on any atom is 0.446 e. The van der Waals surface area contributed by atoms with Gasteiger partial charge in [-0.05, 0) is 12.1 Å². The number of rotatable bonds is 12. The van der Waals surface area contributed by atoms with Crippen LogP contribution in [0.4, 0.5) is 11.4 Å². The maximum absolute atomic E-state index is 12.9. The van der Waals surface area contributed by atoms with Gasteiger partial charge in [0.1, 0.15) is 0 Å². The molecule has 0 bridgehead atoms. The Morgan fingerprint density at radius 2 is 0.487 bits per heavy atom. The van der Waals surface area contributed by atoms with Crippen molar-refractivity contribution < 1.29 is 103 Å². The molecule has 0 fully saturated rings. The Hall–Kier alpha value is -1.60. The molecule has 11 rings (SSSR count). The first kappa shape index (κ1) is 69.2. The Morgan fingerprint density at radius 1 is 0.275 bits per heavy atom. The first-order valence-corrected chi connectivity index (χ1v) is 28.2. The van der Waals surface area contributed by atoms with Crippen LogP contribution in [0.5, 0.6) is 34.5 Å². The fraction of sp³-hybridized carbons (Fsp3) is 0. The minimum absolute atomic E-state index is 0. The second-order valence-electron chi connectivity index (χ2n) is 15.9. The third kappa shape index (κ3) is 12.9. The topological polar surface area (TPSA) is 406 Å². The molecule has 80 heavy (non-hydrogen) atoms. The predicted molar refractivity (Wildman–Crippen MR) is 292 cm³/mol. The molecule has 0 aromatic heterocycles. The fourth-order valence-electron chi connectivity index (χ4n) is 9.42. The van der Waals surface area contributed by atoms with Crippen LogP contribution in [0, 0.1) is 0 Å². The van der Waals surface area contributed by atoms with Crippen LogP contribution in [0.15, 0.2) is 107 Å². The number of hydrogen-bond donors (Lipinski definition) is 6. The molecule has 38 heteroatoms. The Morgan fingerprint density at radius 3 is 0.725 bits per heavy atom. The zero-order valence-electron chi connectivity index (χ0n) is 41.6. The minimum Gasteiger partial charge on any atom is -0.360 e. The number of benzene rings is 9. The summed E-state index contributed by atoms with van der Waals surface area (Å²) in [5.41, 5.74) is -1.63. The Bertz CT molecular complexity index is 4730. The van der Waals surface area contributed by atoms with Gasteiger partial charge in [-0.15, -0.1) is 0 Å². The standard InChI is InChI=1S/C42H22N2O24S6.6Na/c45-69(46,47)63-37-17-7-1-3-9-19(17)39(65-71(51,52)53)29-25(37)15-13-23-27-28-24-14-16-26-30(40(66-72(54,55)56)20-10-4-2-8-18(20)38(26)64-70(48,49)50)34(24)44-36(28)32-31(35(27)43-33(23)29)41(67-73(57,58)59)21-11-5-6-12-22(21)42(32)68-74(60,61)62;;;;;;/h1-16H,(H,45,46,47)(H,48,49,50)(H,51,52,53)(H,54,55,56)(H,57,58,59)(H,60,61,62);;;;;;. The van der Waals surface area contributed by atoms with Gasteiger partial charge in [-0.3, -0.25) is 27.3 Å². The van der Waals surface area contributed by atoms with E-state index in [1.165, 1.54) is 72.8 Å². The number of nitrogens with zero attached hydrogens (tertiary/aromatic N) is 2. The molecule has 0 aliphatic carbocycles. The van der Waals surface area contributed by atoms with Crippen LogP contribution >= 0.6 is 0 Å². The van der Waals surface area contributed by atoms with E-state index >= 15 is 0 Å². The van der Waals surface area contributed by atoms with E-state index in [1.54, 1.807) is 0 Å². The van der Waals surface area contributed by atoms with Gasteiger partial charge < -0.3 is 25.1 Å². The molecule has 0 saturated heterocycles. The quantitative estimate of drug-likeness (QED) is 0.0580. The van der Waals surface area contributed by atoms with Crippen LogP contribution in [-0.2, 0) is 62.4 Å². The fourth-order valence-corrected chi connectivity index (χ4v) is 11.7. The number of fused-ring (bicyclic) bond motifs is 17. The summed E-state index contributed by atoms with van der Waals surface area (Å²) >= 11 is 0. The molecule has 0 atom stereocenters. The van der Waals surface area contributed by atoms with E-state index < -0.39 is 151 Å². The van der Waals surface area contributed by atoms with E-state index in [-0.39, 0.29) is 232 Å². The van der Waals surface area contributed by atoms with Crippen LogP contribution < -0.4 is 35.8 Å². The third-order valence-corrected chi connectivity index (χ3v) is 13.8. The number of hydrogen-bond acceptors (Lipinski definition) is 20. The molecule has 2 heterocycles. The summed E-state index contributed by atoms with van der Waals surface area (Å²) in [7, 11) is -33.2. The molecule has 0 unspecified atom stereocenters. The smallest absolute Gasteiger partial charge is 0.360 e. The molecule has 9 aromatic rings. The predicted octanol–water partition coefficient (Wildman–Crippen LogP) is 3.27. The summed E-state index contributed by atoms with van der Waals surface area (Å²) in [5, 5.41) is -5.90.